The minimum absolute atomic E-state index is 0.0316. The van der Waals surface area contributed by atoms with E-state index in [1.165, 1.54) is 24.8 Å². The van der Waals surface area contributed by atoms with Crippen molar-refractivity contribution in [2.24, 2.45) is 0 Å². The standard InChI is InChI=1S/C19H20O4/c1-3-4-13-5-7-14(8-6-13)9-10-16(21)19-17(22)11-15(20)12-18(19)23-2/h5-12,20,22H,3-4H2,1-2H3/b10-9+. The first-order chi connectivity index (χ1) is 11.0. The molecule has 0 bridgehead atoms. The maximum Gasteiger partial charge on any atom is 0.193 e. The van der Waals surface area contributed by atoms with Gasteiger partial charge in [-0.2, -0.15) is 0 Å². The van der Waals surface area contributed by atoms with E-state index in [1.807, 2.05) is 24.3 Å². The number of aryl methyl sites for hydroxylation is 1. The number of hydrogen-bond acceptors (Lipinski definition) is 4. The summed E-state index contributed by atoms with van der Waals surface area (Å²) in [6, 6.07) is 10.4. The Morgan fingerprint density at radius 1 is 1.17 bits per heavy atom. The molecule has 0 aliphatic rings. The SMILES string of the molecule is CCCc1ccc(/C=C/C(=O)c2c(O)cc(O)cc2OC)cc1. The molecule has 0 amide bonds. The van der Waals surface area contributed by atoms with Gasteiger partial charge in [-0.05, 0) is 23.6 Å². The van der Waals surface area contributed by atoms with Crippen molar-refractivity contribution >= 4 is 11.9 Å². The lowest BCUT2D eigenvalue weighted by Crippen LogP contribution is -1.99. The number of allylic oxidation sites excluding steroid dienone is 1. The Labute approximate surface area is 135 Å². The van der Waals surface area contributed by atoms with Crippen molar-refractivity contribution in [1.29, 1.82) is 0 Å². The number of aromatic hydroxyl groups is 2. The molecule has 0 saturated carbocycles. The highest BCUT2D eigenvalue weighted by Crippen LogP contribution is 2.33. The summed E-state index contributed by atoms with van der Waals surface area (Å²) in [4.78, 5) is 12.3. The molecule has 0 aromatic heterocycles. The monoisotopic (exact) mass is 312 g/mol. The maximum atomic E-state index is 12.3. The molecule has 23 heavy (non-hydrogen) atoms. The van der Waals surface area contributed by atoms with E-state index in [0.29, 0.717) is 0 Å². The number of rotatable bonds is 6. The largest absolute Gasteiger partial charge is 0.508 e. The van der Waals surface area contributed by atoms with Crippen molar-refractivity contribution in [3.63, 3.8) is 0 Å². The first-order valence-electron chi connectivity index (χ1n) is 7.46. The quantitative estimate of drug-likeness (QED) is 0.626. The zero-order valence-electron chi connectivity index (χ0n) is 13.2. The molecule has 0 fully saturated rings. The second kappa shape index (κ2) is 7.49. The van der Waals surface area contributed by atoms with Crippen molar-refractivity contribution in [2.75, 3.05) is 7.11 Å². The van der Waals surface area contributed by atoms with Gasteiger partial charge in [0.2, 0.25) is 0 Å². The molecule has 2 aromatic rings. The lowest BCUT2D eigenvalue weighted by atomic mass is 10.0. The van der Waals surface area contributed by atoms with Crippen LogP contribution in [-0.2, 0) is 6.42 Å². The highest BCUT2D eigenvalue weighted by atomic mass is 16.5. The fourth-order valence-corrected chi connectivity index (χ4v) is 2.33. The van der Waals surface area contributed by atoms with Crippen molar-refractivity contribution in [1.82, 2.24) is 0 Å². The zero-order valence-corrected chi connectivity index (χ0v) is 13.2. The lowest BCUT2D eigenvalue weighted by Gasteiger charge is -2.08. The van der Waals surface area contributed by atoms with Gasteiger partial charge in [-0.3, -0.25) is 4.79 Å². The molecule has 4 nitrogen and oxygen atoms in total. The van der Waals surface area contributed by atoms with Crippen LogP contribution in [0, 0.1) is 0 Å². The lowest BCUT2D eigenvalue weighted by molar-refractivity contribution is 0.104. The molecule has 0 spiro atoms. The van der Waals surface area contributed by atoms with Crippen molar-refractivity contribution in [3.8, 4) is 17.2 Å². The van der Waals surface area contributed by atoms with Crippen molar-refractivity contribution in [2.45, 2.75) is 19.8 Å². The third-order valence-corrected chi connectivity index (χ3v) is 3.48. The molecule has 0 atom stereocenters. The number of ether oxygens (including phenoxy) is 1. The Balaban J connectivity index is 2.21. The summed E-state index contributed by atoms with van der Waals surface area (Å²) in [6.45, 7) is 2.13. The van der Waals surface area contributed by atoms with E-state index < -0.39 is 5.78 Å². The second-order valence-electron chi connectivity index (χ2n) is 5.23. The number of ketones is 1. The van der Waals surface area contributed by atoms with E-state index >= 15 is 0 Å². The predicted molar refractivity (Wildman–Crippen MR) is 90.1 cm³/mol. The Morgan fingerprint density at radius 2 is 1.87 bits per heavy atom. The van der Waals surface area contributed by atoms with Crippen LogP contribution >= 0.6 is 0 Å². The van der Waals surface area contributed by atoms with Gasteiger partial charge >= 0.3 is 0 Å². The van der Waals surface area contributed by atoms with E-state index in [2.05, 4.69) is 6.92 Å². The van der Waals surface area contributed by atoms with Gasteiger partial charge in [0.1, 0.15) is 22.8 Å². The Kier molecular flexibility index (Phi) is 5.41. The van der Waals surface area contributed by atoms with Gasteiger partial charge in [0.15, 0.2) is 5.78 Å². The summed E-state index contributed by atoms with van der Waals surface area (Å²) >= 11 is 0. The molecule has 0 unspecified atom stereocenters. The minimum Gasteiger partial charge on any atom is -0.508 e. The zero-order chi connectivity index (χ0) is 16.8. The number of hydrogen-bond donors (Lipinski definition) is 2. The van der Waals surface area contributed by atoms with E-state index in [0.717, 1.165) is 24.5 Å². The maximum absolute atomic E-state index is 12.3. The Hall–Kier alpha value is -2.75. The van der Waals surface area contributed by atoms with Crippen LogP contribution in [-0.4, -0.2) is 23.1 Å². The van der Waals surface area contributed by atoms with Gasteiger partial charge in [0, 0.05) is 12.1 Å². The van der Waals surface area contributed by atoms with Gasteiger partial charge in [-0.1, -0.05) is 43.7 Å². The summed E-state index contributed by atoms with van der Waals surface area (Å²) in [7, 11) is 1.38. The van der Waals surface area contributed by atoms with Crippen LogP contribution < -0.4 is 4.74 Å². The topological polar surface area (TPSA) is 66.8 Å². The third kappa shape index (κ3) is 4.13. The van der Waals surface area contributed by atoms with Gasteiger partial charge < -0.3 is 14.9 Å². The van der Waals surface area contributed by atoms with Gasteiger partial charge in [-0.25, -0.2) is 0 Å². The van der Waals surface area contributed by atoms with E-state index in [1.54, 1.807) is 6.08 Å². The fraction of sp³-hybridized carbons (Fsp3) is 0.211. The summed E-state index contributed by atoms with van der Waals surface area (Å²) in [5.74, 6) is -0.728. The van der Waals surface area contributed by atoms with Crippen molar-refractivity contribution in [3.05, 3.63) is 59.2 Å². The third-order valence-electron chi connectivity index (χ3n) is 3.48. The number of carbonyl (C=O) groups is 1. The molecular weight excluding hydrogens is 292 g/mol. The molecule has 0 saturated heterocycles. The first-order valence-corrected chi connectivity index (χ1v) is 7.46. The fourth-order valence-electron chi connectivity index (χ4n) is 2.33. The van der Waals surface area contributed by atoms with Gasteiger partial charge in [0.05, 0.1) is 7.11 Å². The first kappa shape index (κ1) is 16.6. The van der Waals surface area contributed by atoms with Crippen LogP contribution in [0.15, 0.2) is 42.5 Å². The summed E-state index contributed by atoms with van der Waals surface area (Å²) in [6.07, 6.45) is 5.18. The average Bonchev–Trinajstić information content (AvgIpc) is 2.53. The smallest absolute Gasteiger partial charge is 0.193 e. The molecule has 2 aromatic carbocycles. The number of benzene rings is 2. The predicted octanol–water partition coefficient (Wildman–Crippen LogP) is 3.96. The van der Waals surface area contributed by atoms with E-state index in [9.17, 15) is 15.0 Å². The van der Waals surface area contributed by atoms with Gasteiger partial charge in [0.25, 0.3) is 0 Å². The number of carbonyl (C=O) groups excluding carboxylic acids is 1. The van der Waals surface area contributed by atoms with Gasteiger partial charge in [-0.15, -0.1) is 0 Å². The highest BCUT2D eigenvalue weighted by molar-refractivity contribution is 6.10. The van der Waals surface area contributed by atoms with Crippen LogP contribution in [0.4, 0.5) is 0 Å². The molecular formula is C19H20O4. The molecule has 2 N–H and O–H groups in total. The van der Waals surface area contributed by atoms with Crippen LogP contribution in [0.25, 0.3) is 6.08 Å². The minimum atomic E-state index is -0.392. The second-order valence-corrected chi connectivity index (χ2v) is 5.23. The van der Waals surface area contributed by atoms with E-state index in [4.69, 9.17) is 4.74 Å². The Bertz CT molecular complexity index is 715. The molecule has 0 aliphatic carbocycles. The van der Waals surface area contributed by atoms with Crippen LogP contribution in [0.5, 0.6) is 17.2 Å². The van der Waals surface area contributed by atoms with Crippen LogP contribution in [0.1, 0.15) is 34.8 Å². The average molecular weight is 312 g/mol. The number of methoxy groups -OCH3 is 1. The molecule has 2 rings (SSSR count). The molecule has 0 heterocycles. The van der Waals surface area contributed by atoms with E-state index in [-0.39, 0.29) is 22.8 Å². The highest BCUT2D eigenvalue weighted by Gasteiger charge is 2.16. The summed E-state index contributed by atoms with van der Waals surface area (Å²) in [5, 5.41) is 19.3. The molecule has 0 radical (unpaired) electrons. The Morgan fingerprint density at radius 3 is 2.48 bits per heavy atom. The summed E-state index contributed by atoms with van der Waals surface area (Å²) in [5.41, 5.74) is 2.19. The normalized spacial score (nSPS) is 10.9. The molecule has 120 valence electrons. The van der Waals surface area contributed by atoms with Crippen molar-refractivity contribution < 1.29 is 19.7 Å². The van der Waals surface area contributed by atoms with Crippen LogP contribution in [0.3, 0.4) is 0 Å². The van der Waals surface area contributed by atoms with Crippen LogP contribution in [0.2, 0.25) is 0 Å². The number of phenols is 2. The number of phenolic OH excluding ortho intramolecular Hbond substituents is 2. The molecule has 4 heteroatoms. The summed E-state index contributed by atoms with van der Waals surface area (Å²) < 4.78 is 5.05. The molecule has 0 aliphatic heterocycles.